The largest absolute Gasteiger partial charge is 0.342 e. The second kappa shape index (κ2) is 6.66. The third-order valence-electron chi connectivity index (χ3n) is 1.75. The van der Waals surface area contributed by atoms with Crippen LogP contribution in [0.4, 0.5) is 0 Å². The number of nitrogens with one attached hydrogen (secondary N) is 1. The summed E-state index contributed by atoms with van der Waals surface area (Å²) in [6.07, 6.45) is 1.51. The Labute approximate surface area is 80.8 Å². The van der Waals surface area contributed by atoms with Crippen LogP contribution in [0.3, 0.4) is 0 Å². The molecule has 0 bridgehead atoms. The Morgan fingerprint density at radius 2 is 2.15 bits per heavy atom. The van der Waals surface area contributed by atoms with Gasteiger partial charge in [0.25, 0.3) is 0 Å². The van der Waals surface area contributed by atoms with Gasteiger partial charge in [-0.3, -0.25) is 4.79 Å². The van der Waals surface area contributed by atoms with E-state index in [9.17, 15) is 4.79 Å². The summed E-state index contributed by atoms with van der Waals surface area (Å²) in [7, 11) is 3.71. The molecule has 3 nitrogen and oxygen atoms in total. The summed E-state index contributed by atoms with van der Waals surface area (Å²) in [6.45, 7) is 7.26. The van der Waals surface area contributed by atoms with Crippen LogP contribution in [0.2, 0.25) is 0 Å². The fourth-order valence-corrected chi connectivity index (χ4v) is 1.10. The highest BCUT2D eigenvalue weighted by Crippen LogP contribution is 1.98. The van der Waals surface area contributed by atoms with Gasteiger partial charge in [0.1, 0.15) is 0 Å². The van der Waals surface area contributed by atoms with Crippen molar-refractivity contribution in [1.82, 2.24) is 10.2 Å². The molecule has 0 aromatic rings. The van der Waals surface area contributed by atoms with Crippen LogP contribution in [0.1, 0.15) is 19.8 Å². The van der Waals surface area contributed by atoms with E-state index >= 15 is 0 Å². The van der Waals surface area contributed by atoms with Crippen molar-refractivity contribution in [2.45, 2.75) is 19.8 Å². The maximum Gasteiger partial charge on any atom is 0.222 e. The molecule has 76 valence electrons. The Balaban J connectivity index is 3.63. The van der Waals surface area contributed by atoms with E-state index in [1.54, 1.807) is 4.90 Å². The number of likely N-dealkylation sites (N-methyl/N-ethyl adjacent to an activating group) is 1. The molecule has 0 aliphatic heterocycles. The Morgan fingerprint density at radius 1 is 1.54 bits per heavy atom. The highest BCUT2D eigenvalue weighted by molar-refractivity contribution is 5.76. The van der Waals surface area contributed by atoms with Crippen LogP contribution in [-0.4, -0.2) is 38.0 Å². The maximum atomic E-state index is 11.4. The molecule has 13 heavy (non-hydrogen) atoms. The lowest BCUT2D eigenvalue weighted by atomic mass is 10.2. The zero-order valence-electron chi connectivity index (χ0n) is 8.89. The van der Waals surface area contributed by atoms with Gasteiger partial charge in [0.05, 0.1) is 0 Å². The van der Waals surface area contributed by atoms with Crippen LogP contribution in [0.25, 0.3) is 0 Å². The summed E-state index contributed by atoms with van der Waals surface area (Å²) in [6, 6.07) is 0. The lowest BCUT2D eigenvalue weighted by Gasteiger charge is -2.16. The van der Waals surface area contributed by atoms with E-state index in [1.165, 1.54) is 0 Å². The molecule has 1 amide bonds. The van der Waals surface area contributed by atoms with Crippen molar-refractivity contribution in [3.8, 4) is 0 Å². The van der Waals surface area contributed by atoms with E-state index in [1.807, 2.05) is 21.0 Å². The third-order valence-corrected chi connectivity index (χ3v) is 1.75. The van der Waals surface area contributed by atoms with Crippen molar-refractivity contribution in [3.05, 3.63) is 12.2 Å². The molecular formula is C10H20N2O. The summed E-state index contributed by atoms with van der Waals surface area (Å²) < 4.78 is 0. The SMILES string of the molecule is C=C(C)CN(C)C(=O)CCCNC. The molecular weight excluding hydrogens is 164 g/mol. The molecule has 0 rings (SSSR count). The first-order valence-electron chi connectivity index (χ1n) is 4.61. The number of rotatable bonds is 6. The molecule has 0 saturated heterocycles. The minimum Gasteiger partial charge on any atom is -0.342 e. The van der Waals surface area contributed by atoms with Crippen LogP contribution >= 0.6 is 0 Å². The van der Waals surface area contributed by atoms with Crippen molar-refractivity contribution in [2.75, 3.05) is 27.2 Å². The number of amides is 1. The highest BCUT2D eigenvalue weighted by Gasteiger charge is 2.06. The molecule has 3 heteroatoms. The molecule has 0 saturated carbocycles. The molecule has 0 atom stereocenters. The number of hydrogen-bond donors (Lipinski definition) is 1. The third kappa shape index (κ3) is 6.34. The smallest absolute Gasteiger partial charge is 0.222 e. The Bertz CT molecular complexity index is 178. The van der Waals surface area contributed by atoms with Crippen LogP contribution in [0.5, 0.6) is 0 Å². The first kappa shape index (κ1) is 12.2. The van der Waals surface area contributed by atoms with Crippen molar-refractivity contribution in [2.24, 2.45) is 0 Å². The van der Waals surface area contributed by atoms with E-state index in [2.05, 4.69) is 11.9 Å². The van der Waals surface area contributed by atoms with Gasteiger partial charge in [-0.25, -0.2) is 0 Å². The molecule has 0 aromatic heterocycles. The van der Waals surface area contributed by atoms with Crippen molar-refractivity contribution < 1.29 is 4.79 Å². The Hall–Kier alpha value is -0.830. The van der Waals surface area contributed by atoms with E-state index in [0.717, 1.165) is 18.5 Å². The monoisotopic (exact) mass is 184 g/mol. The van der Waals surface area contributed by atoms with Gasteiger partial charge in [0.2, 0.25) is 5.91 Å². The van der Waals surface area contributed by atoms with E-state index in [-0.39, 0.29) is 5.91 Å². The molecule has 0 spiro atoms. The quantitative estimate of drug-likeness (QED) is 0.494. The average molecular weight is 184 g/mol. The lowest BCUT2D eigenvalue weighted by Crippen LogP contribution is -2.28. The standard InChI is InChI=1S/C10H20N2O/c1-9(2)8-12(4)10(13)6-5-7-11-3/h11H,1,5-8H2,2-4H3. The molecule has 0 aliphatic carbocycles. The summed E-state index contributed by atoms with van der Waals surface area (Å²) >= 11 is 0. The zero-order valence-corrected chi connectivity index (χ0v) is 8.89. The minimum absolute atomic E-state index is 0.193. The minimum atomic E-state index is 0.193. The molecule has 1 N–H and O–H groups in total. The van der Waals surface area contributed by atoms with Gasteiger partial charge < -0.3 is 10.2 Å². The number of carbonyl (C=O) groups excluding carboxylic acids is 1. The Kier molecular flexibility index (Phi) is 6.24. The second-order valence-corrected chi connectivity index (χ2v) is 3.41. The van der Waals surface area contributed by atoms with Gasteiger partial charge in [-0.05, 0) is 26.9 Å². The fourth-order valence-electron chi connectivity index (χ4n) is 1.10. The molecule has 0 aromatic carbocycles. The van der Waals surface area contributed by atoms with E-state index in [0.29, 0.717) is 13.0 Å². The fraction of sp³-hybridized carbons (Fsp3) is 0.700. The normalized spacial score (nSPS) is 9.77. The van der Waals surface area contributed by atoms with Gasteiger partial charge >= 0.3 is 0 Å². The van der Waals surface area contributed by atoms with Crippen molar-refractivity contribution in [1.29, 1.82) is 0 Å². The van der Waals surface area contributed by atoms with Gasteiger partial charge in [-0.15, -0.1) is 0 Å². The van der Waals surface area contributed by atoms with Crippen LogP contribution in [-0.2, 0) is 4.79 Å². The first-order valence-corrected chi connectivity index (χ1v) is 4.61. The van der Waals surface area contributed by atoms with E-state index in [4.69, 9.17) is 0 Å². The van der Waals surface area contributed by atoms with E-state index < -0.39 is 0 Å². The van der Waals surface area contributed by atoms with Gasteiger partial charge in [0, 0.05) is 20.0 Å². The summed E-state index contributed by atoms with van der Waals surface area (Å²) in [5, 5.41) is 3.01. The molecule has 0 aliphatic rings. The number of carbonyl (C=O) groups is 1. The zero-order chi connectivity index (χ0) is 10.3. The molecule has 0 unspecified atom stereocenters. The molecule has 0 heterocycles. The topological polar surface area (TPSA) is 32.3 Å². The predicted octanol–water partition coefficient (Wildman–Crippen LogP) is 1.02. The lowest BCUT2D eigenvalue weighted by molar-refractivity contribution is -0.129. The van der Waals surface area contributed by atoms with Crippen LogP contribution in [0.15, 0.2) is 12.2 Å². The highest BCUT2D eigenvalue weighted by atomic mass is 16.2. The second-order valence-electron chi connectivity index (χ2n) is 3.41. The predicted molar refractivity (Wildman–Crippen MR) is 55.6 cm³/mol. The van der Waals surface area contributed by atoms with Crippen LogP contribution in [0, 0.1) is 0 Å². The average Bonchev–Trinajstić information content (AvgIpc) is 2.03. The number of hydrogen-bond acceptors (Lipinski definition) is 2. The number of nitrogens with zero attached hydrogens (tertiary/aromatic N) is 1. The van der Waals surface area contributed by atoms with Gasteiger partial charge in [-0.1, -0.05) is 12.2 Å². The summed E-state index contributed by atoms with van der Waals surface area (Å²) in [4.78, 5) is 13.1. The van der Waals surface area contributed by atoms with Gasteiger partial charge in [0.15, 0.2) is 0 Å². The van der Waals surface area contributed by atoms with Crippen molar-refractivity contribution in [3.63, 3.8) is 0 Å². The summed E-state index contributed by atoms with van der Waals surface area (Å²) in [5.41, 5.74) is 1.02. The molecule has 0 radical (unpaired) electrons. The first-order chi connectivity index (χ1) is 6.07. The Morgan fingerprint density at radius 3 is 2.62 bits per heavy atom. The van der Waals surface area contributed by atoms with Gasteiger partial charge in [-0.2, -0.15) is 0 Å². The molecule has 0 fully saturated rings. The maximum absolute atomic E-state index is 11.4. The van der Waals surface area contributed by atoms with Crippen molar-refractivity contribution >= 4 is 5.91 Å². The summed E-state index contributed by atoms with van der Waals surface area (Å²) in [5.74, 6) is 0.193. The van der Waals surface area contributed by atoms with Crippen LogP contribution < -0.4 is 5.32 Å².